The summed E-state index contributed by atoms with van der Waals surface area (Å²) in [6.45, 7) is 0. The SMILES string of the molecule is N#Cc1ccc(Sc2nnc(-c3ccc(Cl)cc3)n2-c2ccccc2)nn1. The van der Waals surface area contributed by atoms with E-state index >= 15 is 0 Å². The van der Waals surface area contributed by atoms with Gasteiger partial charge in [0.05, 0.1) is 0 Å². The maximum absolute atomic E-state index is 8.86. The average Bonchev–Trinajstić information content (AvgIpc) is 3.13. The fraction of sp³-hybridized carbons (Fsp3) is 0. The largest absolute Gasteiger partial charge is 0.270 e. The fourth-order valence-corrected chi connectivity index (χ4v) is 3.36. The second-order valence-corrected chi connectivity index (χ2v) is 6.88. The normalized spacial score (nSPS) is 10.5. The van der Waals surface area contributed by atoms with Crippen LogP contribution >= 0.6 is 23.4 Å². The van der Waals surface area contributed by atoms with Gasteiger partial charge in [-0.1, -0.05) is 29.8 Å². The number of halogens is 1. The highest BCUT2D eigenvalue weighted by Crippen LogP contribution is 2.31. The third kappa shape index (κ3) is 3.67. The van der Waals surface area contributed by atoms with Gasteiger partial charge >= 0.3 is 0 Å². The van der Waals surface area contributed by atoms with E-state index in [0.717, 1.165) is 11.3 Å². The van der Waals surface area contributed by atoms with Crippen LogP contribution in [0.2, 0.25) is 5.02 Å². The molecule has 0 aliphatic heterocycles. The van der Waals surface area contributed by atoms with Gasteiger partial charge in [0.25, 0.3) is 0 Å². The van der Waals surface area contributed by atoms with Crippen LogP contribution in [0.25, 0.3) is 17.1 Å². The van der Waals surface area contributed by atoms with Crippen LogP contribution in [0.5, 0.6) is 0 Å². The molecule has 4 aromatic rings. The molecule has 2 heterocycles. The van der Waals surface area contributed by atoms with Crippen molar-refractivity contribution < 1.29 is 0 Å². The summed E-state index contributed by atoms with van der Waals surface area (Å²) < 4.78 is 1.95. The van der Waals surface area contributed by atoms with Gasteiger partial charge in [0, 0.05) is 16.3 Å². The molecule has 2 aromatic carbocycles. The van der Waals surface area contributed by atoms with E-state index in [0.29, 0.717) is 21.0 Å². The average molecular weight is 391 g/mol. The van der Waals surface area contributed by atoms with E-state index in [1.165, 1.54) is 11.8 Å². The molecule has 0 saturated carbocycles. The first kappa shape index (κ1) is 17.2. The van der Waals surface area contributed by atoms with Crippen LogP contribution < -0.4 is 0 Å². The smallest absolute Gasteiger partial charge is 0.202 e. The minimum Gasteiger partial charge on any atom is -0.270 e. The van der Waals surface area contributed by atoms with E-state index < -0.39 is 0 Å². The highest BCUT2D eigenvalue weighted by molar-refractivity contribution is 7.99. The second kappa shape index (κ2) is 7.58. The lowest BCUT2D eigenvalue weighted by molar-refractivity contribution is 0.868. The number of nitrogens with zero attached hydrogens (tertiary/aromatic N) is 6. The number of rotatable bonds is 4. The molecule has 0 unspecified atom stereocenters. The zero-order valence-corrected chi connectivity index (χ0v) is 15.4. The van der Waals surface area contributed by atoms with Gasteiger partial charge in [-0.15, -0.1) is 20.4 Å². The van der Waals surface area contributed by atoms with Gasteiger partial charge in [0.15, 0.2) is 11.5 Å². The zero-order valence-electron chi connectivity index (χ0n) is 13.8. The Kier molecular flexibility index (Phi) is 4.83. The summed E-state index contributed by atoms with van der Waals surface area (Å²) in [5.41, 5.74) is 2.09. The molecule has 0 saturated heterocycles. The molecule has 4 rings (SSSR count). The molecule has 0 N–H and O–H groups in total. The lowest BCUT2D eigenvalue weighted by Gasteiger charge is -2.10. The maximum atomic E-state index is 8.86. The number of nitriles is 1. The van der Waals surface area contributed by atoms with Crippen molar-refractivity contribution >= 4 is 23.4 Å². The standard InChI is InChI=1S/C19H11ClN6S/c20-14-8-6-13(7-9-14)18-24-25-19(26(18)16-4-2-1-3-5-16)27-17-11-10-15(12-21)22-23-17/h1-11H. The molecule has 0 bridgehead atoms. The lowest BCUT2D eigenvalue weighted by atomic mass is 10.2. The molecule has 2 aromatic heterocycles. The highest BCUT2D eigenvalue weighted by Gasteiger charge is 2.17. The lowest BCUT2D eigenvalue weighted by Crippen LogP contribution is -1.99. The van der Waals surface area contributed by atoms with Crippen LogP contribution in [0, 0.1) is 11.3 Å². The Labute approximate surface area is 164 Å². The summed E-state index contributed by atoms with van der Waals surface area (Å²) in [6, 6.07) is 22.6. The predicted octanol–water partition coefficient (Wildman–Crippen LogP) is 4.40. The summed E-state index contributed by atoms with van der Waals surface area (Å²) in [5, 5.41) is 27.4. The molecule has 6 nitrogen and oxygen atoms in total. The number of hydrogen-bond donors (Lipinski definition) is 0. The van der Waals surface area contributed by atoms with E-state index in [2.05, 4.69) is 20.4 Å². The van der Waals surface area contributed by atoms with Crippen LogP contribution in [0.15, 0.2) is 76.9 Å². The minimum atomic E-state index is 0.269. The van der Waals surface area contributed by atoms with Gasteiger partial charge in [-0.25, -0.2) is 0 Å². The van der Waals surface area contributed by atoms with Gasteiger partial charge < -0.3 is 0 Å². The highest BCUT2D eigenvalue weighted by atomic mass is 35.5. The maximum Gasteiger partial charge on any atom is 0.202 e. The molecule has 8 heteroatoms. The van der Waals surface area contributed by atoms with Crippen molar-refractivity contribution in [3.63, 3.8) is 0 Å². The van der Waals surface area contributed by atoms with Crippen LogP contribution in [-0.4, -0.2) is 25.0 Å². The topological polar surface area (TPSA) is 80.3 Å². The summed E-state index contributed by atoms with van der Waals surface area (Å²) in [5.74, 6) is 0.696. The summed E-state index contributed by atoms with van der Waals surface area (Å²) in [6.07, 6.45) is 0. The van der Waals surface area contributed by atoms with Crippen molar-refractivity contribution in [3.8, 4) is 23.1 Å². The van der Waals surface area contributed by atoms with E-state index in [9.17, 15) is 0 Å². The first-order valence-electron chi connectivity index (χ1n) is 7.93. The van der Waals surface area contributed by atoms with Crippen LogP contribution in [0.4, 0.5) is 0 Å². The van der Waals surface area contributed by atoms with Gasteiger partial charge in [-0.3, -0.25) is 4.57 Å². The Bertz CT molecular complexity index is 1100. The molecular weight excluding hydrogens is 380 g/mol. The van der Waals surface area contributed by atoms with E-state index in [1.807, 2.05) is 65.2 Å². The van der Waals surface area contributed by atoms with Crippen molar-refractivity contribution in [2.45, 2.75) is 10.2 Å². The van der Waals surface area contributed by atoms with E-state index in [1.54, 1.807) is 12.1 Å². The molecule has 0 aliphatic rings. The van der Waals surface area contributed by atoms with Gasteiger partial charge in [0.2, 0.25) is 5.16 Å². The fourth-order valence-electron chi connectivity index (χ4n) is 2.46. The molecule has 0 fully saturated rings. The number of hydrogen-bond acceptors (Lipinski definition) is 6. The summed E-state index contributed by atoms with van der Waals surface area (Å²) in [7, 11) is 0. The van der Waals surface area contributed by atoms with Crippen molar-refractivity contribution in [1.29, 1.82) is 5.26 Å². The van der Waals surface area contributed by atoms with Crippen molar-refractivity contribution in [1.82, 2.24) is 25.0 Å². The van der Waals surface area contributed by atoms with Crippen LogP contribution in [0.1, 0.15) is 5.69 Å². The van der Waals surface area contributed by atoms with Gasteiger partial charge in [-0.05, 0) is 60.3 Å². The Morgan fingerprint density at radius 3 is 2.30 bits per heavy atom. The predicted molar refractivity (Wildman–Crippen MR) is 103 cm³/mol. The first-order valence-corrected chi connectivity index (χ1v) is 9.12. The molecule has 0 aliphatic carbocycles. The van der Waals surface area contributed by atoms with E-state index in [4.69, 9.17) is 16.9 Å². The third-order valence-electron chi connectivity index (χ3n) is 3.70. The monoisotopic (exact) mass is 390 g/mol. The van der Waals surface area contributed by atoms with Gasteiger partial charge in [-0.2, -0.15) is 5.26 Å². The number of para-hydroxylation sites is 1. The molecule has 27 heavy (non-hydrogen) atoms. The molecule has 130 valence electrons. The molecular formula is C19H11ClN6S. The molecule has 0 amide bonds. The zero-order chi connectivity index (χ0) is 18.6. The summed E-state index contributed by atoms with van der Waals surface area (Å²) in [4.78, 5) is 0. The Hall–Kier alpha value is -3.21. The molecule has 0 radical (unpaired) electrons. The summed E-state index contributed by atoms with van der Waals surface area (Å²) >= 11 is 7.34. The molecule has 0 spiro atoms. The third-order valence-corrected chi connectivity index (χ3v) is 4.83. The first-order chi connectivity index (χ1) is 13.2. The van der Waals surface area contributed by atoms with Crippen molar-refractivity contribution in [2.75, 3.05) is 0 Å². The van der Waals surface area contributed by atoms with Crippen LogP contribution in [0.3, 0.4) is 0 Å². The minimum absolute atomic E-state index is 0.269. The quantitative estimate of drug-likeness (QED) is 0.513. The van der Waals surface area contributed by atoms with E-state index in [-0.39, 0.29) is 5.69 Å². The Morgan fingerprint density at radius 2 is 1.63 bits per heavy atom. The Morgan fingerprint density at radius 1 is 0.852 bits per heavy atom. The molecule has 0 atom stereocenters. The van der Waals surface area contributed by atoms with Crippen molar-refractivity contribution in [2.24, 2.45) is 0 Å². The van der Waals surface area contributed by atoms with Crippen molar-refractivity contribution in [3.05, 3.63) is 77.4 Å². The van der Waals surface area contributed by atoms with Gasteiger partial charge in [0.1, 0.15) is 11.1 Å². The number of benzene rings is 2. The number of aromatic nitrogens is 5. The van der Waals surface area contributed by atoms with Crippen LogP contribution in [-0.2, 0) is 0 Å². The second-order valence-electron chi connectivity index (χ2n) is 5.45. The Balaban J connectivity index is 1.79.